The Bertz CT molecular complexity index is 804. The minimum Gasteiger partial charge on any atom is -0.0883 e. The molecule has 0 aromatic carbocycles. The summed E-state index contributed by atoms with van der Waals surface area (Å²) in [5, 5.41) is 0.965. The van der Waals surface area contributed by atoms with Gasteiger partial charge in [0.25, 0.3) is 0 Å². The highest BCUT2D eigenvalue weighted by atomic mass is 79.9. The van der Waals surface area contributed by atoms with Crippen molar-refractivity contribution in [3.8, 4) is 0 Å². The number of allylic oxidation sites excluding steroid dienone is 14. The van der Waals surface area contributed by atoms with Crippen LogP contribution in [-0.4, -0.2) is 5.33 Å². The number of rotatable bonds is 19. The molecule has 0 saturated carbocycles. The van der Waals surface area contributed by atoms with Gasteiger partial charge in [-0.2, -0.15) is 0 Å². The molecule has 0 aliphatic heterocycles. The lowest BCUT2D eigenvalue weighted by molar-refractivity contribution is 0.883. The molecule has 36 heavy (non-hydrogen) atoms. The van der Waals surface area contributed by atoms with Gasteiger partial charge in [0.05, 0.1) is 0 Å². The molecule has 204 valence electrons. The second kappa shape index (κ2) is 22.8. The molecule has 0 radical (unpaired) electrons. The highest BCUT2D eigenvalue weighted by Gasteiger charge is 1.96. The molecular formula is C35H57Br. The van der Waals surface area contributed by atoms with Crippen LogP contribution in [0.5, 0.6) is 0 Å². The lowest BCUT2D eigenvalue weighted by Crippen LogP contribution is -1.83. The van der Waals surface area contributed by atoms with Crippen molar-refractivity contribution in [3.63, 3.8) is 0 Å². The van der Waals surface area contributed by atoms with Crippen LogP contribution in [0.2, 0.25) is 0 Å². The summed E-state index contributed by atoms with van der Waals surface area (Å²) in [5.74, 6) is 0. The van der Waals surface area contributed by atoms with Crippen LogP contribution < -0.4 is 0 Å². The van der Waals surface area contributed by atoms with Crippen LogP contribution in [0, 0.1) is 0 Å². The highest BCUT2D eigenvalue weighted by molar-refractivity contribution is 9.09. The summed E-state index contributed by atoms with van der Waals surface area (Å²) in [6.07, 6.45) is 30.9. The number of hydrogen-bond donors (Lipinski definition) is 0. The van der Waals surface area contributed by atoms with Crippen LogP contribution in [0.4, 0.5) is 0 Å². The van der Waals surface area contributed by atoms with E-state index < -0.39 is 0 Å². The minimum absolute atomic E-state index is 0.965. The molecule has 1 heteroatoms. The van der Waals surface area contributed by atoms with Gasteiger partial charge < -0.3 is 0 Å². The van der Waals surface area contributed by atoms with Crippen LogP contribution in [0.15, 0.2) is 81.5 Å². The van der Waals surface area contributed by atoms with E-state index in [4.69, 9.17) is 0 Å². The Kier molecular flexibility index (Phi) is 22.0. The van der Waals surface area contributed by atoms with Crippen molar-refractivity contribution in [1.82, 2.24) is 0 Å². The van der Waals surface area contributed by atoms with Crippen molar-refractivity contribution in [2.24, 2.45) is 0 Å². The van der Waals surface area contributed by atoms with E-state index in [9.17, 15) is 0 Å². The topological polar surface area (TPSA) is 0 Å². The zero-order valence-electron chi connectivity index (χ0n) is 25.1. The number of hydrogen-bond acceptors (Lipinski definition) is 0. The van der Waals surface area contributed by atoms with E-state index in [-0.39, 0.29) is 0 Å². The molecule has 0 spiro atoms. The van der Waals surface area contributed by atoms with Crippen LogP contribution in [-0.2, 0) is 0 Å². The van der Waals surface area contributed by atoms with Gasteiger partial charge >= 0.3 is 0 Å². The maximum Gasteiger partial charge on any atom is 0.0214 e. The molecule has 0 fully saturated rings. The van der Waals surface area contributed by atoms with Crippen molar-refractivity contribution in [3.05, 3.63) is 81.5 Å². The average molecular weight is 558 g/mol. The van der Waals surface area contributed by atoms with E-state index in [2.05, 4.69) is 114 Å². The van der Waals surface area contributed by atoms with Gasteiger partial charge in [0, 0.05) is 5.33 Å². The van der Waals surface area contributed by atoms with Crippen molar-refractivity contribution >= 4 is 15.9 Å². The summed E-state index contributed by atoms with van der Waals surface area (Å²) >= 11 is 3.47. The van der Waals surface area contributed by atoms with Gasteiger partial charge in [-0.25, -0.2) is 0 Å². The fourth-order valence-electron chi connectivity index (χ4n) is 4.06. The lowest BCUT2D eigenvalue weighted by Gasteiger charge is -2.04. The zero-order valence-corrected chi connectivity index (χ0v) is 26.7. The molecule has 0 rings (SSSR count). The summed E-state index contributed by atoms with van der Waals surface area (Å²) in [6, 6.07) is 0. The van der Waals surface area contributed by atoms with Crippen LogP contribution >= 0.6 is 15.9 Å². The first-order chi connectivity index (χ1) is 17.1. The average Bonchev–Trinajstić information content (AvgIpc) is 2.79. The molecule has 0 atom stereocenters. The van der Waals surface area contributed by atoms with Gasteiger partial charge in [0.15, 0.2) is 0 Å². The molecule has 0 aliphatic carbocycles. The first-order valence-corrected chi connectivity index (χ1v) is 15.4. The van der Waals surface area contributed by atoms with Gasteiger partial charge in [-0.05, 0) is 132 Å². The van der Waals surface area contributed by atoms with E-state index in [1.54, 1.807) is 0 Å². The van der Waals surface area contributed by atoms with E-state index in [1.165, 1.54) is 110 Å². The number of halogens is 1. The van der Waals surface area contributed by atoms with Crippen LogP contribution in [0.25, 0.3) is 0 Å². The predicted octanol–water partition coefficient (Wildman–Crippen LogP) is 12.7. The van der Waals surface area contributed by atoms with Crippen molar-refractivity contribution in [1.29, 1.82) is 0 Å². The number of alkyl halides is 1. The summed E-state index contributed by atoms with van der Waals surface area (Å²) < 4.78 is 0. The van der Waals surface area contributed by atoms with Crippen molar-refractivity contribution in [2.45, 2.75) is 132 Å². The lowest BCUT2D eigenvalue weighted by atomic mass is 10.0. The molecule has 0 aliphatic rings. The van der Waals surface area contributed by atoms with E-state index in [0.717, 1.165) is 11.8 Å². The second-order valence-electron chi connectivity index (χ2n) is 11.0. The molecule has 0 aromatic rings. The predicted molar refractivity (Wildman–Crippen MR) is 171 cm³/mol. The van der Waals surface area contributed by atoms with E-state index in [1.807, 2.05) is 0 Å². The zero-order chi connectivity index (χ0) is 27.2. The molecular weight excluding hydrogens is 500 g/mol. The maximum absolute atomic E-state index is 3.47. The van der Waals surface area contributed by atoms with Gasteiger partial charge in [-0.15, -0.1) is 0 Å². The third kappa shape index (κ3) is 23.1. The SMILES string of the molecule is CC(C)=CCCC(C)=CCCC(C)=CCC/C(C)=C/CC/C(C)=C/CC/C(C)=C/CC/C(C)=C/CBr. The maximum atomic E-state index is 3.47. The molecule has 0 aromatic heterocycles. The van der Waals surface area contributed by atoms with Crippen LogP contribution in [0.3, 0.4) is 0 Å². The second-order valence-corrected chi connectivity index (χ2v) is 11.6. The van der Waals surface area contributed by atoms with Crippen molar-refractivity contribution < 1.29 is 0 Å². The molecule has 0 N–H and O–H groups in total. The Morgan fingerprint density at radius 2 is 0.583 bits per heavy atom. The molecule has 0 nitrogen and oxygen atoms in total. The molecule has 0 bridgehead atoms. The summed E-state index contributed by atoms with van der Waals surface area (Å²) in [6.45, 7) is 18.0. The fourth-order valence-corrected chi connectivity index (χ4v) is 4.62. The summed E-state index contributed by atoms with van der Waals surface area (Å²) in [4.78, 5) is 0. The monoisotopic (exact) mass is 556 g/mol. The van der Waals surface area contributed by atoms with Crippen molar-refractivity contribution in [2.75, 3.05) is 5.33 Å². The minimum atomic E-state index is 0.965. The van der Waals surface area contributed by atoms with E-state index >= 15 is 0 Å². The summed E-state index contributed by atoms with van der Waals surface area (Å²) in [5.41, 5.74) is 10.5. The van der Waals surface area contributed by atoms with Gasteiger partial charge in [-0.1, -0.05) is 97.5 Å². The Morgan fingerprint density at radius 3 is 0.806 bits per heavy atom. The molecule has 0 unspecified atom stereocenters. The highest BCUT2D eigenvalue weighted by Crippen LogP contribution is 2.16. The Hall–Kier alpha value is -1.34. The van der Waals surface area contributed by atoms with Gasteiger partial charge in [-0.3, -0.25) is 0 Å². The van der Waals surface area contributed by atoms with E-state index in [0.29, 0.717) is 0 Å². The first-order valence-electron chi connectivity index (χ1n) is 14.3. The molecule has 0 heterocycles. The smallest absolute Gasteiger partial charge is 0.0214 e. The Morgan fingerprint density at radius 1 is 0.361 bits per heavy atom. The summed E-state index contributed by atoms with van der Waals surface area (Å²) in [7, 11) is 0. The third-order valence-corrected chi connectivity index (χ3v) is 7.00. The quantitative estimate of drug-likeness (QED) is 0.109. The first kappa shape index (κ1) is 34.7. The Balaban J connectivity index is 4.14. The van der Waals surface area contributed by atoms with Gasteiger partial charge in [0.2, 0.25) is 0 Å². The fraction of sp³-hybridized carbons (Fsp3) is 0.600. The Labute approximate surface area is 234 Å². The van der Waals surface area contributed by atoms with Gasteiger partial charge in [0.1, 0.15) is 0 Å². The molecule has 0 amide bonds. The molecule has 0 saturated heterocycles. The van der Waals surface area contributed by atoms with Crippen LogP contribution in [0.1, 0.15) is 132 Å². The third-order valence-electron chi connectivity index (χ3n) is 6.67. The standard InChI is InChI=1S/C35H57Br/c1-29(2)15-9-16-30(3)17-10-18-31(4)19-11-20-32(5)21-12-22-33(6)23-13-24-34(7)25-14-26-35(8)27-28-36/h15,17,19,21,23,25,27H,9-14,16,18,20,22,24,26,28H2,1-8H3/b30-17?,31-19?,32-21+,33-23+,34-25+,35-27+. The normalized spacial score (nSPS) is 14.5. The largest absolute Gasteiger partial charge is 0.0883 e.